The van der Waals surface area contributed by atoms with Gasteiger partial charge in [-0.05, 0) is 24.3 Å². The monoisotopic (exact) mass is 362 g/mol. The fraction of sp³-hybridized carbons (Fsp3) is 0. The minimum absolute atomic E-state index is 0.183. The van der Waals surface area contributed by atoms with Gasteiger partial charge in [0, 0.05) is 16.1 Å². The molecular weight excluding hydrogens is 348 g/mol. The number of ketones is 2. The Balaban J connectivity index is 1.95. The van der Waals surface area contributed by atoms with E-state index in [1.54, 1.807) is 84.9 Å². The van der Waals surface area contributed by atoms with Gasteiger partial charge in [0.05, 0.1) is 5.69 Å². The summed E-state index contributed by atoms with van der Waals surface area (Å²) in [4.78, 5) is 25.6. The Morgan fingerprint density at radius 2 is 1.15 bits per heavy atom. The number of hydrazone groups is 1. The van der Waals surface area contributed by atoms with E-state index in [-0.39, 0.29) is 5.71 Å². The van der Waals surface area contributed by atoms with Crippen molar-refractivity contribution in [2.24, 2.45) is 5.10 Å². The molecular formula is C21H15ClN2O2. The summed E-state index contributed by atoms with van der Waals surface area (Å²) in [6.07, 6.45) is 0. The first-order chi connectivity index (χ1) is 12.6. The molecule has 0 radical (unpaired) electrons. The number of halogens is 1. The molecule has 0 saturated heterocycles. The van der Waals surface area contributed by atoms with Crippen molar-refractivity contribution in [3.8, 4) is 0 Å². The number of Topliss-reactive ketones (excluding diaryl/α,β-unsaturated/α-hetero) is 2. The Kier molecular flexibility index (Phi) is 5.56. The van der Waals surface area contributed by atoms with Crippen LogP contribution in [0.3, 0.4) is 0 Å². The first-order valence-electron chi connectivity index (χ1n) is 7.94. The van der Waals surface area contributed by atoms with E-state index in [1.807, 2.05) is 0 Å². The van der Waals surface area contributed by atoms with Crippen LogP contribution in [-0.2, 0) is 0 Å². The standard InChI is InChI=1S/C21H15ClN2O2/c22-17-11-13-18(14-12-17)23-24-19(20(25)15-7-3-1-4-8-15)21(26)16-9-5-2-6-10-16/h1-14,23H. The summed E-state index contributed by atoms with van der Waals surface area (Å²) in [6.45, 7) is 0. The summed E-state index contributed by atoms with van der Waals surface area (Å²) in [5.41, 5.74) is 3.99. The molecule has 0 aliphatic rings. The van der Waals surface area contributed by atoms with Crippen molar-refractivity contribution >= 4 is 34.6 Å². The van der Waals surface area contributed by atoms with Gasteiger partial charge in [-0.15, -0.1) is 0 Å². The second-order valence-corrected chi connectivity index (χ2v) is 5.91. The van der Waals surface area contributed by atoms with Crippen LogP contribution in [0.15, 0.2) is 90.0 Å². The fourth-order valence-electron chi connectivity index (χ4n) is 2.30. The van der Waals surface area contributed by atoms with E-state index in [0.717, 1.165) is 0 Å². The van der Waals surface area contributed by atoms with Crippen molar-refractivity contribution < 1.29 is 9.59 Å². The van der Waals surface area contributed by atoms with Crippen LogP contribution < -0.4 is 5.43 Å². The third-order valence-corrected chi connectivity index (χ3v) is 3.90. The summed E-state index contributed by atoms with van der Waals surface area (Å²) >= 11 is 5.86. The topological polar surface area (TPSA) is 58.5 Å². The number of nitrogens with one attached hydrogen (secondary N) is 1. The molecule has 128 valence electrons. The minimum atomic E-state index is -0.444. The summed E-state index contributed by atoms with van der Waals surface area (Å²) in [7, 11) is 0. The molecule has 3 rings (SSSR count). The molecule has 4 nitrogen and oxygen atoms in total. The molecule has 3 aromatic rings. The van der Waals surface area contributed by atoms with Gasteiger partial charge in [0.2, 0.25) is 11.6 Å². The SMILES string of the molecule is O=C(C(=NNc1ccc(Cl)cc1)C(=O)c1ccccc1)c1ccccc1. The molecule has 0 aliphatic carbocycles. The Morgan fingerprint density at radius 3 is 1.62 bits per heavy atom. The summed E-state index contributed by atoms with van der Waals surface area (Å²) in [6, 6.07) is 24.0. The van der Waals surface area contributed by atoms with Gasteiger partial charge in [0.15, 0.2) is 5.71 Å². The van der Waals surface area contributed by atoms with Crippen LogP contribution >= 0.6 is 11.6 Å². The molecule has 5 heteroatoms. The lowest BCUT2D eigenvalue weighted by molar-refractivity contribution is 0.102. The molecule has 3 aromatic carbocycles. The highest BCUT2D eigenvalue weighted by molar-refractivity contribution is 6.71. The quantitative estimate of drug-likeness (QED) is 0.294. The van der Waals surface area contributed by atoms with E-state index in [0.29, 0.717) is 21.8 Å². The average Bonchev–Trinajstić information content (AvgIpc) is 2.70. The highest BCUT2D eigenvalue weighted by atomic mass is 35.5. The maximum absolute atomic E-state index is 12.8. The third kappa shape index (κ3) is 4.23. The van der Waals surface area contributed by atoms with Gasteiger partial charge in [0.25, 0.3) is 0 Å². The summed E-state index contributed by atoms with van der Waals surface area (Å²) in [5, 5.41) is 4.68. The molecule has 0 aliphatic heterocycles. The van der Waals surface area contributed by atoms with Crippen molar-refractivity contribution in [1.29, 1.82) is 0 Å². The van der Waals surface area contributed by atoms with Gasteiger partial charge in [-0.25, -0.2) is 0 Å². The zero-order chi connectivity index (χ0) is 18.4. The maximum atomic E-state index is 12.8. The number of nitrogens with zero attached hydrogens (tertiary/aromatic N) is 1. The van der Waals surface area contributed by atoms with Gasteiger partial charge in [-0.3, -0.25) is 15.0 Å². The number of carbonyl (C=O) groups is 2. The normalized spacial score (nSPS) is 10.0. The van der Waals surface area contributed by atoms with E-state index in [4.69, 9.17) is 11.6 Å². The van der Waals surface area contributed by atoms with Crippen LogP contribution in [0, 0.1) is 0 Å². The molecule has 0 amide bonds. The Bertz CT molecular complexity index is 883. The highest BCUT2D eigenvalue weighted by Crippen LogP contribution is 2.14. The predicted molar refractivity (Wildman–Crippen MR) is 104 cm³/mol. The molecule has 0 spiro atoms. The van der Waals surface area contributed by atoms with E-state index in [1.165, 1.54) is 0 Å². The number of hydrogen-bond donors (Lipinski definition) is 1. The van der Waals surface area contributed by atoms with E-state index in [2.05, 4.69) is 10.5 Å². The molecule has 0 aromatic heterocycles. The molecule has 0 unspecified atom stereocenters. The van der Waals surface area contributed by atoms with Gasteiger partial charge in [-0.2, -0.15) is 5.10 Å². The Hall–Kier alpha value is -3.24. The number of benzene rings is 3. The van der Waals surface area contributed by atoms with Gasteiger partial charge < -0.3 is 0 Å². The zero-order valence-corrected chi connectivity index (χ0v) is 14.5. The molecule has 1 N–H and O–H groups in total. The lowest BCUT2D eigenvalue weighted by Gasteiger charge is -2.07. The van der Waals surface area contributed by atoms with Gasteiger partial charge in [-0.1, -0.05) is 72.3 Å². The van der Waals surface area contributed by atoms with Crippen LogP contribution in [0.1, 0.15) is 20.7 Å². The summed E-state index contributed by atoms with van der Waals surface area (Å²) in [5.74, 6) is -0.887. The lowest BCUT2D eigenvalue weighted by atomic mass is 9.99. The van der Waals surface area contributed by atoms with Crippen molar-refractivity contribution in [1.82, 2.24) is 0 Å². The summed E-state index contributed by atoms with van der Waals surface area (Å²) < 4.78 is 0. The van der Waals surface area contributed by atoms with Gasteiger partial charge in [0.1, 0.15) is 0 Å². The fourth-order valence-corrected chi connectivity index (χ4v) is 2.43. The molecule has 0 atom stereocenters. The van der Waals surface area contributed by atoms with Crippen LogP contribution in [0.25, 0.3) is 0 Å². The molecule has 0 bridgehead atoms. The van der Waals surface area contributed by atoms with Crippen LogP contribution in [-0.4, -0.2) is 17.3 Å². The van der Waals surface area contributed by atoms with E-state index >= 15 is 0 Å². The second kappa shape index (κ2) is 8.23. The number of carbonyl (C=O) groups excluding carboxylic acids is 2. The second-order valence-electron chi connectivity index (χ2n) is 5.47. The highest BCUT2D eigenvalue weighted by Gasteiger charge is 2.23. The van der Waals surface area contributed by atoms with Crippen molar-refractivity contribution in [2.45, 2.75) is 0 Å². The smallest absolute Gasteiger partial charge is 0.217 e. The number of hydrogen-bond acceptors (Lipinski definition) is 4. The predicted octanol–water partition coefficient (Wildman–Crippen LogP) is 4.87. The van der Waals surface area contributed by atoms with Crippen molar-refractivity contribution in [2.75, 3.05) is 5.43 Å². The van der Waals surface area contributed by atoms with Crippen LogP contribution in [0.4, 0.5) is 5.69 Å². The maximum Gasteiger partial charge on any atom is 0.217 e. The largest absolute Gasteiger partial charge is 0.287 e. The van der Waals surface area contributed by atoms with Gasteiger partial charge >= 0.3 is 0 Å². The van der Waals surface area contributed by atoms with E-state index < -0.39 is 11.6 Å². The number of rotatable bonds is 6. The lowest BCUT2D eigenvalue weighted by Crippen LogP contribution is -2.26. The minimum Gasteiger partial charge on any atom is -0.287 e. The molecule has 0 fully saturated rings. The van der Waals surface area contributed by atoms with Crippen molar-refractivity contribution in [3.05, 3.63) is 101 Å². The first-order valence-corrected chi connectivity index (χ1v) is 8.32. The van der Waals surface area contributed by atoms with Crippen LogP contribution in [0.2, 0.25) is 5.02 Å². The first kappa shape index (κ1) is 17.6. The Morgan fingerprint density at radius 1 is 0.692 bits per heavy atom. The average molecular weight is 363 g/mol. The zero-order valence-electron chi connectivity index (χ0n) is 13.7. The molecule has 0 saturated carbocycles. The molecule has 26 heavy (non-hydrogen) atoms. The third-order valence-electron chi connectivity index (χ3n) is 3.64. The van der Waals surface area contributed by atoms with Crippen molar-refractivity contribution in [3.63, 3.8) is 0 Å². The molecule has 0 heterocycles. The van der Waals surface area contributed by atoms with Crippen LogP contribution in [0.5, 0.6) is 0 Å². The number of anilines is 1. The van der Waals surface area contributed by atoms with E-state index in [9.17, 15) is 9.59 Å². The Labute approximate surface area is 156 Å².